The van der Waals surface area contributed by atoms with Gasteiger partial charge in [0.05, 0.1) is 0 Å². The summed E-state index contributed by atoms with van der Waals surface area (Å²) in [6, 6.07) is 9.33. The standard InChI is InChI=1S/C19H31NO2.Na.H/c1-2-3-4-5-6-7-8-12-15-20-18(19(21)22)16-17-13-10-9-11-14-17;;/h9-11,13-14,18,20H,2-8,12,15-16H2,1H3,(H,21,22);;. The number of benzene rings is 1. The van der Waals surface area contributed by atoms with Crippen molar-refractivity contribution in [1.82, 2.24) is 5.32 Å². The van der Waals surface area contributed by atoms with Crippen molar-refractivity contribution in [3.8, 4) is 0 Å². The van der Waals surface area contributed by atoms with Gasteiger partial charge in [0.25, 0.3) is 0 Å². The number of nitrogens with one attached hydrogen (secondary N) is 1. The van der Waals surface area contributed by atoms with Crippen LogP contribution in [-0.2, 0) is 11.2 Å². The molecule has 0 radical (unpaired) electrons. The summed E-state index contributed by atoms with van der Waals surface area (Å²) in [5.74, 6) is -0.761. The van der Waals surface area contributed by atoms with Gasteiger partial charge in [-0.3, -0.25) is 4.79 Å². The van der Waals surface area contributed by atoms with E-state index in [9.17, 15) is 9.90 Å². The Morgan fingerprint density at radius 2 is 1.57 bits per heavy atom. The summed E-state index contributed by atoms with van der Waals surface area (Å²) >= 11 is 0. The molecule has 0 fully saturated rings. The molecule has 0 amide bonds. The molecule has 2 N–H and O–H groups in total. The molecule has 3 nitrogen and oxygen atoms in total. The fourth-order valence-electron chi connectivity index (χ4n) is 2.63. The molecule has 4 heteroatoms. The third kappa shape index (κ3) is 11.8. The Balaban J connectivity index is 0.00000484. The van der Waals surface area contributed by atoms with E-state index >= 15 is 0 Å². The second kappa shape index (κ2) is 15.2. The second-order valence-electron chi connectivity index (χ2n) is 6.01. The van der Waals surface area contributed by atoms with Crippen LogP contribution < -0.4 is 5.32 Å². The molecule has 0 saturated heterocycles. The van der Waals surface area contributed by atoms with Gasteiger partial charge in [0.1, 0.15) is 6.04 Å². The van der Waals surface area contributed by atoms with Gasteiger partial charge in [-0.15, -0.1) is 0 Å². The van der Waals surface area contributed by atoms with Crippen LogP contribution in [-0.4, -0.2) is 53.2 Å². The maximum absolute atomic E-state index is 11.3. The molecule has 0 spiro atoms. The summed E-state index contributed by atoms with van der Waals surface area (Å²) in [5, 5.41) is 12.5. The zero-order valence-electron chi connectivity index (χ0n) is 13.9. The van der Waals surface area contributed by atoms with Gasteiger partial charge in [-0.05, 0) is 24.9 Å². The SMILES string of the molecule is CCCCCCCCCCNC(Cc1ccccc1)C(=O)O.[NaH]. The van der Waals surface area contributed by atoms with Gasteiger partial charge in [0.2, 0.25) is 0 Å². The molecule has 0 saturated carbocycles. The Hall–Kier alpha value is -0.350. The summed E-state index contributed by atoms with van der Waals surface area (Å²) in [6.45, 7) is 3.03. The maximum atomic E-state index is 11.3. The van der Waals surface area contributed by atoms with Crippen molar-refractivity contribution in [3.63, 3.8) is 0 Å². The van der Waals surface area contributed by atoms with Crippen LogP contribution in [0.5, 0.6) is 0 Å². The first-order valence-corrected chi connectivity index (χ1v) is 8.74. The number of carboxylic acid groups (broad SMARTS) is 1. The van der Waals surface area contributed by atoms with Crippen LogP contribution in [0.15, 0.2) is 30.3 Å². The molecule has 0 heterocycles. The summed E-state index contributed by atoms with van der Waals surface area (Å²) in [7, 11) is 0. The van der Waals surface area contributed by atoms with E-state index in [4.69, 9.17) is 0 Å². The van der Waals surface area contributed by atoms with Crippen molar-refractivity contribution < 1.29 is 9.90 Å². The van der Waals surface area contributed by atoms with E-state index in [1.807, 2.05) is 30.3 Å². The van der Waals surface area contributed by atoms with E-state index in [0.29, 0.717) is 6.42 Å². The fourth-order valence-corrected chi connectivity index (χ4v) is 2.63. The average molecular weight is 329 g/mol. The van der Waals surface area contributed by atoms with Crippen LogP contribution >= 0.6 is 0 Å². The number of carboxylic acids is 1. The van der Waals surface area contributed by atoms with Gasteiger partial charge >= 0.3 is 35.5 Å². The summed E-state index contributed by atoms with van der Waals surface area (Å²) in [4.78, 5) is 11.3. The molecule has 1 aromatic rings. The van der Waals surface area contributed by atoms with E-state index in [-0.39, 0.29) is 29.6 Å². The fraction of sp³-hybridized carbons (Fsp3) is 0.632. The zero-order valence-corrected chi connectivity index (χ0v) is 13.9. The van der Waals surface area contributed by atoms with Crippen LogP contribution in [0.1, 0.15) is 63.9 Å². The molecular weight excluding hydrogens is 297 g/mol. The number of rotatable bonds is 13. The average Bonchev–Trinajstić information content (AvgIpc) is 2.53. The first-order valence-electron chi connectivity index (χ1n) is 8.74. The normalized spacial score (nSPS) is 11.7. The molecule has 1 rings (SSSR count). The molecule has 1 atom stereocenters. The third-order valence-corrected chi connectivity index (χ3v) is 4.00. The van der Waals surface area contributed by atoms with E-state index in [1.54, 1.807) is 0 Å². The Bertz CT molecular complexity index is 398. The predicted octanol–water partition coefficient (Wildman–Crippen LogP) is 3.76. The van der Waals surface area contributed by atoms with Gasteiger partial charge in [0, 0.05) is 0 Å². The number of unbranched alkanes of at least 4 members (excludes halogenated alkanes) is 7. The summed E-state index contributed by atoms with van der Waals surface area (Å²) < 4.78 is 0. The number of carbonyl (C=O) groups is 1. The van der Waals surface area contributed by atoms with Crippen LogP contribution in [0.3, 0.4) is 0 Å². The van der Waals surface area contributed by atoms with E-state index in [1.165, 1.54) is 44.9 Å². The topological polar surface area (TPSA) is 49.3 Å². The molecule has 0 bridgehead atoms. The van der Waals surface area contributed by atoms with Crippen LogP contribution in [0.2, 0.25) is 0 Å². The monoisotopic (exact) mass is 329 g/mol. The first-order chi connectivity index (χ1) is 10.7. The Morgan fingerprint density at radius 3 is 2.13 bits per heavy atom. The molecular formula is C19H32NNaO2. The van der Waals surface area contributed by atoms with Crippen molar-refractivity contribution in [1.29, 1.82) is 0 Å². The van der Waals surface area contributed by atoms with Crippen molar-refractivity contribution in [2.24, 2.45) is 0 Å². The summed E-state index contributed by atoms with van der Waals surface area (Å²) in [5.41, 5.74) is 1.07. The third-order valence-electron chi connectivity index (χ3n) is 4.00. The van der Waals surface area contributed by atoms with Gasteiger partial charge in [-0.25, -0.2) is 0 Å². The van der Waals surface area contributed by atoms with Gasteiger partial charge in [-0.2, -0.15) is 0 Å². The molecule has 0 aliphatic rings. The second-order valence-corrected chi connectivity index (χ2v) is 6.01. The van der Waals surface area contributed by atoms with Crippen LogP contribution in [0.25, 0.3) is 0 Å². The van der Waals surface area contributed by atoms with Crippen molar-refractivity contribution in [3.05, 3.63) is 35.9 Å². The van der Waals surface area contributed by atoms with Crippen LogP contribution in [0.4, 0.5) is 0 Å². The van der Waals surface area contributed by atoms with E-state index in [2.05, 4.69) is 12.2 Å². The first kappa shape index (κ1) is 22.6. The molecule has 0 aromatic heterocycles. The molecule has 0 aliphatic carbocycles. The quantitative estimate of drug-likeness (QED) is 0.428. The Morgan fingerprint density at radius 1 is 1.00 bits per heavy atom. The minimum absolute atomic E-state index is 0. The Labute approximate surface area is 163 Å². The number of hydrogen-bond acceptors (Lipinski definition) is 2. The molecule has 1 unspecified atom stereocenters. The minimum atomic E-state index is -0.761. The van der Waals surface area contributed by atoms with Gasteiger partial charge in [-0.1, -0.05) is 82.2 Å². The van der Waals surface area contributed by atoms with Crippen molar-refractivity contribution in [2.75, 3.05) is 6.54 Å². The number of hydrogen-bond donors (Lipinski definition) is 2. The van der Waals surface area contributed by atoms with Crippen molar-refractivity contribution >= 4 is 35.5 Å². The van der Waals surface area contributed by atoms with E-state index < -0.39 is 12.0 Å². The molecule has 1 aromatic carbocycles. The Kier molecular flexibility index (Phi) is 15.0. The van der Waals surface area contributed by atoms with Gasteiger partial charge in [0.15, 0.2) is 0 Å². The molecule has 0 aliphatic heterocycles. The molecule has 126 valence electrons. The predicted molar refractivity (Wildman–Crippen MR) is 99.3 cm³/mol. The van der Waals surface area contributed by atoms with E-state index in [0.717, 1.165) is 18.5 Å². The zero-order chi connectivity index (χ0) is 16.0. The van der Waals surface area contributed by atoms with Gasteiger partial charge < -0.3 is 10.4 Å². The van der Waals surface area contributed by atoms with Crippen LogP contribution in [0, 0.1) is 0 Å². The van der Waals surface area contributed by atoms with Crippen molar-refractivity contribution in [2.45, 2.75) is 70.8 Å². The number of aliphatic carboxylic acids is 1. The summed E-state index contributed by atoms with van der Waals surface area (Å²) in [6.07, 6.45) is 10.7. The molecule has 23 heavy (non-hydrogen) atoms.